The number of hydrogen-bond donors (Lipinski definition) is 1. The van der Waals surface area contributed by atoms with Crippen molar-refractivity contribution in [3.63, 3.8) is 0 Å². The molecule has 1 aliphatic heterocycles. The standard InChI is InChI=1S/C13H22N4O/c1-10-4-6-17(7-5-10)13-8-11(14-2)15-12(16-13)9-18-3/h8,10H,4-7,9H2,1-3H3,(H,14,15,16). The number of nitrogens with one attached hydrogen (secondary N) is 1. The molecular formula is C13H22N4O. The van der Waals surface area contributed by atoms with Gasteiger partial charge >= 0.3 is 0 Å². The van der Waals surface area contributed by atoms with Gasteiger partial charge in [-0.3, -0.25) is 0 Å². The molecule has 0 amide bonds. The van der Waals surface area contributed by atoms with Crippen LogP contribution in [0.2, 0.25) is 0 Å². The molecule has 1 aromatic heterocycles. The molecule has 1 fully saturated rings. The molecule has 0 bridgehead atoms. The average Bonchev–Trinajstić information content (AvgIpc) is 2.39. The fourth-order valence-electron chi connectivity index (χ4n) is 2.20. The topological polar surface area (TPSA) is 50.3 Å². The van der Waals surface area contributed by atoms with Crippen molar-refractivity contribution in [3.8, 4) is 0 Å². The van der Waals surface area contributed by atoms with Gasteiger partial charge in [0.25, 0.3) is 0 Å². The first-order valence-corrected chi connectivity index (χ1v) is 6.52. The highest BCUT2D eigenvalue weighted by Gasteiger charge is 2.18. The van der Waals surface area contributed by atoms with Gasteiger partial charge in [0.1, 0.15) is 18.2 Å². The Morgan fingerprint density at radius 3 is 2.72 bits per heavy atom. The summed E-state index contributed by atoms with van der Waals surface area (Å²) in [4.78, 5) is 11.3. The molecule has 0 aromatic carbocycles. The second kappa shape index (κ2) is 6.00. The summed E-state index contributed by atoms with van der Waals surface area (Å²) in [6.45, 7) is 4.92. The summed E-state index contributed by atoms with van der Waals surface area (Å²) in [5.74, 6) is 3.42. The Labute approximate surface area is 109 Å². The average molecular weight is 250 g/mol. The molecule has 0 radical (unpaired) electrons. The van der Waals surface area contributed by atoms with E-state index >= 15 is 0 Å². The lowest BCUT2D eigenvalue weighted by Gasteiger charge is -2.31. The van der Waals surface area contributed by atoms with E-state index in [0.717, 1.165) is 36.5 Å². The number of anilines is 2. The molecular weight excluding hydrogens is 228 g/mol. The Bertz CT molecular complexity index is 389. The minimum Gasteiger partial charge on any atom is -0.377 e. The summed E-state index contributed by atoms with van der Waals surface area (Å²) in [5.41, 5.74) is 0. The van der Waals surface area contributed by atoms with Crippen LogP contribution in [0.1, 0.15) is 25.6 Å². The van der Waals surface area contributed by atoms with Gasteiger partial charge < -0.3 is 15.0 Å². The minimum atomic E-state index is 0.451. The van der Waals surface area contributed by atoms with E-state index in [-0.39, 0.29) is 0 Å². The predicted octanol–water partition coefficient (Wildman–Crippen LogP) is 1.90. The van der Waals surface area contributed by atoms with E-state index < -0.39 is 0 Å². The number of hydrogen-bond acceptors (Lipinski definition) is 5. The van der Waals surface area contributed by atoms with Gasteiger partial charge in [-0.1, -0.05) is 6.92 Å². The molecule has 0 aliphatic carbocycles. The molecule has 2 heterocycles. The summed E-state index contributed by atoms with van der Waals surface area (Å²) in [5, 5.41) is 3.08. The zero-order valence-corrected chi connectivity index (χ0v) is 11.4. The van der Waals surface area contributed by atoms with Crippen molar-refractivity contribution in [2.75, 3.05) is 37.5 Å². The van der Waals surface area contributed by atoms with Gasteiger partial charge in [0.15, 0.2) is 5.82 Å². The molecule has 1 aromatic rings. The largest absolute Gasteiger partial charge is 0.377 e. The van der Waals surface area contributed by atoms with Crippen LogP contribution in [-0.2, 0) is 11.3 Å². The van der Waals surface area contributed by atoms with Gasteiger partial charge in [0, 0.05) is 33.3 Å². The van der Waals surface area contributed by atoms with Crippen molar-refractivity contribution in [2.24, 2.45) is 5.92 Å². The van der Waals surface area contributed by atoms with Gasteiger partial charge in [-0.25, -0.2) is 9.97 Å². The lowest BCUT2D eigenvalue weighted by atomic mass is 9.99. The number of piperidine rings is 1. The van der Waals surface area contributed by atoms with Crippen LogP contribution in [0.15, 0.2) is 6.07 Å². The second-order valence-electron chi connectivity index (χ2n) is 4.88. The van der Waals surface area contributed by atoms with E-state index in [1.54, 1.807) is 7.11 Å². The third kappa shape index (κ3) is 3.10. The van der Waals surface area contributed by atoms with Crippen LogP contribution < -0.4 is 10.2 Å². The van der Waals surface area contributed by atoms with Crippen molar-refractivity contribution in [3.05, 3.63) is 11.9 Å². The van der Waals surface area contributed by atoms with E-state index in [2.05, 4.69) is 27.1 Å². The lowest BCUT2D eigenvalue weighted by Crippen LogP contribution is -2.33. The predicted molar refractivity (Wildman–Crippen MR) is 72.9 cm³/mol. The van der Waals surface area contributed by atoms with Crippen molar-refractivity contribution in [1.29, 1.82) is 0 Å². The highest BCUT2D eigenvalue weighted by atomic mass is 16.5. The Morgan fingerprint density at radius 2 is 2.11 bits per heavy atom. The minimum absolute atomic E-state index is 0.451. The molecule has 1 saturated heterocycles. The molecule has 5 nitrogen and oxygen atoms in total. The number of ether oxygens (including phenoxy) is 1. The Kier molecular flexibility index (Phi) is 4.36. The van der Waals surface area contributed by atoms with Crippen LogP contribution in [-0.4, -0.2) is 37.2 Å². The monoisotopic (exact) mass is 250 g/mol. The maximum atomic E-state index is 5.12. The van der Waals surface area contributed by atoms with Gasteiger partial charge in [0.2, 0.25) is 0 Å². The first-order valence-electron chi connectivity index (χ1n) is 6.52. The maximum absolute atomic E-state index is 5.12. The van der Waals surface area contributed by atoms with Crippen molar-refractivity contribution >= 4 is 11.6 Å². The highest BCUT2D eigenvalue weighted by molar-refractivity contribution is 5.49. The van der Waals surface area contributed by atoms with E-state index in [9.17, 15) is 0 Å². The fourth-order valence-corrected chi connectivity index (χ4v) is 2.20. The smallest absolute Gasteiger partial charge is 0.158 e. The summed E-state index contributed by atoms with van der Waals surface area (Å²) < 4.78 is 5.12. The van der Waals surface area contributed by atoms with Crippen LogP contribution in [0.25, 0.3) is 0 Å². The van der Waals surface area contributed by atoms with Crippen molar-refractivity contribution < 1.29 is 4.74 Å². The van der Waals surface area contributed by atoms with Crippen LogP contribution >= 0.6 is 0 Å². The van der Waals surface area contributed by atoms with Crippen LogP contribution in [0.5, 0.6) is 0 Å². The SMILES string of the molecule is CNc1cc(N2CCC(C)CC2)nc(COC)n1. The first kappa shape index (κ1) is 13.1. The third-order valence-electron chi connectivity index (χ3n) is 3.40. The zero-order chi connectivity index (χ0) is 13.0. The number of rotatable bonds is 4. The quantitative estimate of drug-likeness (QED) is 0.884. The van der Waals surface area contributed by atoms with Gasteiger partial charge in [-0.05, 0) is 18.8 Å². The maximum Gasteiger partial charge on any atom is 0.158 e. The van der Waals surface area contributed by atoms with E-state index in [1.165, 1.54) is 12.8 Å². The molecule has 18 heavy (non-hydrogen) atoms. The second-order valence-corrected chi connectivity index (χ2v) is 4.88. The summed E-state index contributed by atoms with van der Waals surface area (Å²) in [6.07, 6.45) is 2.47. The highest BCUT2D eigenvalue weighted by Crippen LogP contribution is 2.23. The van der Waals surface area contributed by atoms with E-state index in [4.69, 9.17) is 4.74 Å². The zero-order valence-electron chi connectivity index (χ0n) is 11.4. The number of nitrogens with zero attached hydrogens (tertiary/aromatic N) is 3. The molecule has 1 N–H and O–H groups in total. The fraction of sp³-hybridized carbons (Fsp3) is 0.692. The normalized spacial score (nSPS) is 16.9. The van der Waals surface area contributed by atoms with Crippen LogP contribution in [0.4, 0.5) is 11.6 Å². The van der Waals surface area contributed by atoms with Gasteiger partial charge in [-0.2, -0.15) is 0 Å². The van der Waals surface area contributed by atoms with Crippen LogP contribution in [0.3, 0.4) is 0 Å². The number of methoxy groups -OCH3 is 1. The van der Waals surface area contributed by atoms with Gasteiger partial charge in [-0.15, -0.1) is 0 Å². The van der Waals surface area contributed by atoms with Gasteiger partial charge in [0.05, 0.1) is 0 Å². The molecule has 0 unspecified atom stereocenters. The molecule has 2 rings (SSSR count). The van der Waals surface area contributed by atoms with E-state index in [1.807, 2.05) is 13.1 Å². The molecule has 0 atom stereocenters. The molecule has 0 saturated carbocycles. The molecule has 0 spiro atoms. The summed E-state index contributed by atoms with van der Waals surface area (Å²) >= 11 is 0. The van der Waals surface area contributed by atoms with E-state index in [0.29, 0.717) is 6.61 Å². The summed E-state index contributed by atoms with van der Waals surface area (Å²) in [6, 6.07) is 2.01. The molecule has 100 valence electrons. The Balaban J connectivity index is 2.17. The molecule has 1 aliphatic rings. The van der Waals surface area contributed by atoms with Crippen LogP contribution in [0, 0.1) is 5.92 Å². The summed E-state index contributed by atoms with van der Waals surface area (Å²) in [7, 11) is 3.54. The number of aromatic nitrogens is 2. The third-order valence-corrected chi connectivity index (χ3v) is 3.40. The molecule has 5 heteroatoms. The Hall–Kier alpha value is -1.36. The first-order chi connectivity index (χ1) is 8.72. The Morgan fingerprint density at radius 1 is 1.39 bits per heavy atom. The van der Waals surface area contributed by atoms with Crippen molar-refractivity contribution in [2.45, 2.75) is 26.4 Å². The lowest BCUT2D eigenvalue weighted by molar-refractivity contribution is 0.178. The van der Waals surface area contributed by atoms with Crippen molar-refractivity contribution in [1.82, 2.24) is 9.97 Å².